The normalized spacial score (nSPS) is 12.1. The van der Waals surface area contributed by atoms with Crippen molar-refractivity contribution >= 4 is 0 Å². The van der Waals surface area contributed by atoms with E-state index in [1.165, 1.54) is 17.7 Å². The zero-order valence-electron chi connectivity index (χ0n) is 10.6. The summed E-state index contributed by atoms with van der Waals surface area (Å²) in [6.07, 6.45) is 0.762. The highest BCUT2D eigenvalue weighted by molar-refractivity contribution is 5.22. The number of hydrogen-bond donors (Lipinski definition) is 1. The first-order valence-corrected chi connectivity index (χ1v) is 6.31. The molecule has 2 aromatic carbocycles. The number of ether oxygens (including phenoxy) is 1. The summed E-state index contributed by atoms with van der Waals surface area (Å²) < 4.78 is 18.3. The number of aliphatic hydroxyl groups is 1. The molecule has 0 aliphatic rings. The summed E-state index contributed by atoms with van der Waals surface area (Å²) in [4.78, 5) is 0. The topological polar surface area (TPSA) is 29.5 Å². The largest absolute Gasteiger partial charge is 0.493 e. The lowest BCUT2D eigenvalue weighted by Gasteiger charge is -2.15. The monoisotopic (exact) mass is 260 g/mol. The Morgan fingerprint density at radius 3 is 2.32 bits per heavy atom. The van der Waals surface area contributed by atoms with E-state index < -0.39 is 0 Å². The van der Waals surface area contributed by atoms with E-state index in [0.717, 1.165) is 6.42 Å². The van der Waals surface area contributed by atoms with Crippen LogP contribution in [0.15, 0.2) is 54.6 Å². The zero-order chi connectivity index (χ0) is 13.5. The predicted octanol–water partition coefficient (Wildman–Crippen LogP) is 3.06. The third-order valence-corrected chi connectivity index (χ3v) is 2.92. The molecule has 1 unspecified atom stereocenters. The Bertz CT molecular complexity index is 482. The number of aliphatic hydroxyl groups excluding tert-OH is 1. The maximum Gasteiger partial charge on any atom is 0.123 e. The molecule has 0 saturated heterocycles. The lowest BCUT2D eigenvalue weighted by Crippen LogP contribution is -2.18. The molecule has 100 valence electrons. The van der Waals surface area contributed by atoms with Gasteiger partial charge >= 0.3 is 0 Å². The maximum atomic E-state index is 12.7. The van der Waals surface area contributed by atoms with Gasteiger partial charge in [0.05, 0.1) is 6.61 Å². The molecule has 0 saturated carbocycles. The first kappa shape index (κ1) is 13.6. The Kier molecular flexibility index (Phi) is 4.93. The molecule has 0 fully saturated rings. The van der Waals surface area contributed by atoms with Gasteiger partial charge in [0.15, 0.2) is 0 Å². The molecule has 2 nitrogen and oxygen atoms in total. The minimum absolute atomic E-state index is 0.0347. The van der Waals surface area contributed by atoms with Crippen LogP contribution in [0.4, 0.5) is 4.39 Å². The molecule has 0 spiro atoms. The van der Waals surface area contributed by atoms with Crippen LogP contribution in [0.5, 0.6) is 5.75 Å². The fourth-order valence-electron chi connectivity index (χ4n) is 1.87. The molecule has 2 aromatic rings. The number of hydrogen-bond acceptors (Lipinski definition) is 2. The van der Waals surface area contributed by atoms with E-state index in [2.05, 4.69) is 0 Å². The van der Waals surface area contributed by atoms with Gasteiger partial charge in [-0.25, -0.2) is 4.39 Å². The van der Waals surface area contributed by atoms with E-state index in [1.54, 1.807) is 12.1 Å². The van der Waals surface area contributed by atoms with Gasteiger partial charge in [-0.3, -0.25) is 0 Å². The highest BCUT2D eigenvalue weighted by atomic mass is 19.1. The highest BCUT2D eigenvalue weighted by Gasteiger charge is 2.09. The molecule has 3 heteroatoms. The van der Waals surface area contributed by atoms with Crippen molar-refractivity contribution in [3.05, 3.63) is 66.0 Å². The Morgan fingerprint density at radius 2 is 1.68 bits per heavy atom. The second-order valence-corrected chi connectivity index (χ2v) is 4.50. The van der Waals surface area contributed by atoms with Crippen LogP contribution in [0.25, 0.3) is 0 Å². The van der Waals surface area contributed by atoms with E-state index in [4.69, 9.17) is 4.74 Å². The van der Waals surface area contributed by atoms with Gasteiger partial charge in [0.1, 0.15) is 11.6 Å². The summed E-state index contributed by atoms with van der Waals surface area (Å²) in [6.45, 7) is 0.479. The highest BCUT2D eigenvalue weighted by Crippen LogP contribution is 2.14. The molecule has 0 bridgehead atoms. The van der Waals surface area contributed by atoms with Gasteiger partial charge in [-0.2, -0.15) is 0 Å². The molecule has 2 rings (SSSR count). The van der Waals surface area contributed by atoms with Crippen molar-refractivity contribution in [2.75, 3.05) is 13.2 Å². The summed E-state index contributed by atoms with van der Waals surface area (Å²) in [7, 11) is 0. The maximum absolute atomic E-state index is 12.7. The third-order valence-electron chi connectivity index (χ3n) is 2.92. The van der Waals surface area contributed by atoms with Gasteiger partial charge in [0.2, 0.25) is 0 Å². The van der Waals surface area contributed by atoms with Crippen LogP contribution in [-0.4, -0.2) is 18.3 Å². The van der Waals surface area contributed by atoms with Gasteiger partial charge in [-0.05, 0) is 36.2 Å². The molecule has 0 amide bonds. The molecule has 0 aromatic heterocycles. The van der Waals surface area contributed by atoms with Crippen molar-refractivity contribution in [2.45, 2.75) is 6.42 Å². The van der Waals surface area contributed by atoms with Crippen LogP contribution >= 0.6 is 0 Å². The summed E-state index contributed by atoms with van der Waals surface area (Å²) in [6, 6.07) is 15.9. The quantitative estimate of drug-likeness (QED) is 0.865. The Hall–Kier alpha value is -1.87. The van der Waals surface area contributed by atoms with Crippen LogP contribution in [0.3, 0.4) is 0 Å². The molecule has 0 radical (unpaired) electrons. The molecule has 0 heterocycles. The summed E-state index contributed by atoms with van der Waals surface area (Å²) in [5.74, 6) is 0.371. The molecular formula is C16H17FO2. The SMILES string of the molecule is OCC(COc1ccc(F)cc1)Cc1ccccc1. The average Bonchev–Trinajstić information content (AvgIpc) is 2.46. The second kappa shape index (κ2) is 6.90. The van der Waals surface area contributed by atoms with Crippen molar-refractivity contribution in [1.82, 2.24) is 0 Å². The van der Waals surface area contributed by atoms with Crippen LogP contribution in [-0.2, 0) is 6.42 Å². The zero-order valence-corrected chi connectivity index (χ0v) is 10.6. The Balaban J connectivity index is 1.87. The van der Waals surface area contributed by atoms with E-state index in [0.29, 0.717) is 12.4 Å². The van der Waals surface area contributed by atoms with Crippen molar-refractivity contribution in [3.8, 4) is 5.75 Å². The molecule has 1 N–H and O–H groups in total. The van der Waals surface area contributed by atoms with Gasteiger partial charge < -0.3 is 9.84 Å². The molecule has 1 atom stereocenters. The van der Waals surface area contributed by atoms with Crippen LogP contribution in [0, 0.1) is 11.7 Å². The number of rotatable bonds is 6. The van der Waals surface area contributed by atoms with Crippen LogP contribution in [0.1, 0.15) is 5.56 Å². The summed E-state index contributed by atoms with van der Waals surface area (Å²) >= 11 is 0. The van der Waals surface area contributed by atoms with Crippen LogP contribution in [0.2, 0.25) is 0 Å². The lowest BCUT2D eigenvalue weighted by molar-refractivity contribution is 0.162. The van der Waals surface area contributed by atoms with Crippen molar-refractivity contribution in [3.63, 3.8) is 0 Å². The first-order chi connectivity index (χ1) is 9.28. The average molecular weight is 260 g/mol. The molecule has 0 aliphatic carbocycles. The minimum atomic E-state index is -0.282. The smallest absolute Gasteiger partial charge is 0.123 e. The fourth-order valence-corrected chi connectivity index (χ4v) is 1.87. The molecule has 19 heavy (non-hydrogen) atoms. The predicted molar refractivity (Wildman–Crippen MR) is 72.6 cm³/mol. The second-order valence-electron chi connectivity index (χ2n) is 4.50. The first-order valence-electron chi connectivity index (χ1n) is 6.31. The molecular weight excluding hydrogens is 243 g/mol. The lowest BCUT2D eigenvalue weighted by atomic mass is 10.0. The summed E-state index contributed by atoms with van der Waals surface area (Å²) in [5, 5.41) is 9.37. The van der Waals surface area contributed by atoms with Gasteiger partial charge in [-0.15, -0.1) is 0 Å². The third kappa shape index (κ3) is 4.38. The van der Waals surface area contributed by atoms with Crippen molar-refractivity contribution in [2.24, 2.45) is 5.92 Å². The van der Waals surface area contributed by atoms with Gasteiger partial charge in [0, 0.05) is 12.5 Å². The van der Waals surface area contributed by atoms with E-state index in [-0.39, 0.29) is 18.3 Å². The standard InChI is InChI=1S/C16H17FO2/c17-15-6-8-16(9-7-15)19-12-14(11-18)10-13-4-2-1-3-5-13/h1-9,14,18H,10-12H2. The summed E-state index contributed by atoms with van der Waals surface area (Å²) in [5.41, 5.74) is 1.17. The Labute approximate surface area is 112 Å². The number of benzene rings is 2. The Morgan fingerprint density at radius 1 is 1.00 bits per heavy atom. The van der Waals surface area contributed by atoms with E-state index >= 15 is 0 Å². The van der Waals surface area contributed by atoms with Crippen molar-refractivity contribution in [1.29, 1.82) is 0 Å². The fraction of sp³-hybridized carbons (Fsp3) is 0.250. The van der Waals surface area contributed by atoms with Gasteiger partial charge in [0.25, 0.3) is 0 Å². The van der Waals surface area contributed by atoms with E-state index in [1.807, 2.05) is 30.3 Å². The number of halogens is 1. The van der Waals surface area contributed by atoms with Crippen LogP contribution < -0.4 is 4.74 Å². The molecule has 0 aliphatic heterocycles. The van der Waals surface area contributed by atoms with E-state index in [9.17, 15) is 9.50 Å². The van der Waals surface area contributed by atoms with Gasteiger partial charge in [-0.1, -0.05) is 30.3 Å². The minimum Gasteiger partial charge on any atom is -0.493 e. The van der Waals surface area contributed by atoms with Crippen molar-refractivity contribution < 1.29 is 14.2 Å².